The molecule has 2 unspecified atom stereocenters. The third kappa shape index (κ3) is 23.2. The number of likely N-dealkylation sites (tertiary alicyclic amines) is 2. The topological polar surface area (TPSA) is 471 Å². The molecule has 8 aliphatic heterocycles. The summed E-state index contributed by atoms with van der Waals surface area (Å²) in [4.78, 5) is 175. The second-order valence-corrected chi connectivity index (χ2v) is 29.7. The number of unbranched alkanes of at least 4 members (excludes halogenated alkanes) is 2. The fourth-order valence-electron chi connectivity index (χ4n) is 15.2. The number of hydrogen-bond donors (Lipinski definition) is 13. The highest BCUT2D eigenvalue weighted by Gasteiger charge is 2.47. The molecule has 4 saturated heterocycles. The number of benzene rings is 4. The van der Waals surface area contributed by atoms with Gasteiger partial charge in [-0.1, -0.05) is 75.5 Å². The summed E-state index contributed by atoms with van der Waals surface area (Å²) in [7, 11) is 0. The van der Waals surface area contributed by atoms with Crippen molar-refractivity contribution in [2.24, 2.45) is 5.73 Å². The molecule has 0 aliphatic carbocycles. The van der Waals surface area contributed by atoms with Crippen molar-refractivity contribution in [3.05, 3.63) is 166 Å². The smallest absolute Gasteiger partial charge is 0.303 e. The number of piperidine rings is 2. The number of aliphatic carboxylic acids is 1. The van der Waals surface area contributed by atoms with E-state index in [0.29, 0.717) is 107 Å². The van der Waals surface area contributed by atoms with Gasteiger partial charge >= 0.3 is 5.97 Å². The van der Waals surface area contributed by atoms with E-state index < -0.39 is 77.5 Å². The van der Waals surface area contributed by atoms with Crippen molar-refractivity contribution in [2.75, 3.05) is 126 Å². The van der Waals surface area contributed by atoms with E-state index in [9.17, 15) is 67.7 Å². The van der Waals surface area contributed by atoms with E-state index in [1.54, 1.807) is 42.5 Å². The van der Waals surface area contributed by atoms with Crippen LogP contribution in [0.15, 0.2) is 110 Å². The Morgan fingerprint density at radius 3 is 1.37 bits per heavy atom. The number of aromatic nitrogens is 4. The molecule has 0 bridgehead atoms. The van der Waals surface area contributed by atoms with Crippen LogP contribution in [0.3, 0.4) is 0 Å². The van der Waals surface area contributed by atoms with Gasteiger partial charge in [-0.05, 0) is 97.9 Å². The Morgan fingerprint density at radius 1 is 0.496 bits per heavy atom. The van der Waals surface area contributed by atoms with Crippen molar-refractivity contribution in [2.45, 2.75) is 141 Å². The van der Waals surface area contributed by atoms with Crippen molar-refractivity contribution in [1.29, 1.82) is 0 Å². The summed E-state index contributed by atoms with van der Waals surface area (Å²) >= 11 is 0. The molecular weight excluding hydrogens is 1510 g/mol. The molecular formula is C82H106N20O15. The Morgan fingerprint density at radius 2 is 0.932 bits per heavy atom. The normalized spacial score (nSPS) is 18.5. The van der Waals surface area contributed by atoms with Crippen LogP contribution in [0.1, 0.15) is 164 Å². The molecule has 14 N–H and O–H groups in total. The van der Waals surface area contributed by atoms with Crippen LogP contribution in [-0.2, 0) is 54.7 Å². The van der Waals surface area contributed by atoms with Crippen LogP contribution in [0.2, 0.25) is 0 Å². The maximum Gasteiger partial charge on any atom is 0.303 e. The Balaban J connectivity index is 0.000000202. The maximum atomic E-state index is 13.3. The van der Waals surface area contributed by atoms with Gasteiger partial charge in [-0.2, -0.15) is 0 Å². The van der Waals surface area contributed by atoms with Gasteiger partial charge in [0.25, 0.3) is 35.4 Å². The number of imide groups is 4. The number of fused-ring (bicyclic) bond motifs is 4. The van der Waals surface area contributed by atoms with E-state index >= 15 is 0 Å². The van der Waals surface area contributed by atoms with Crippen molar-refractivity contribution in [3.63, 3.8) is 0 Å². The quantitative estimate of drug-likeness (QED) is 0.0207. The number of nitrogens with one attached hydrogen (secondary N) is 9. The van der Waals surface area contributed by atoms with Gasteiger partial charge in [0.2, 0.25) is 29.5 Å². The van der Waals surface area contributed by atoms with Crippen LogP contribution in [0, 0.1) is 0 Å². The minimum atomic E-state index is -1.03. The SMILES string of the molecule is C.C.NCCN1CC(Nc2cc(C(=O)NC[C@H](O)CN3CCc4ccccc4C3)ncn2)C1.O=C(CCCCNc1cccc2c1C(=O)N(C1CCC(=O)NC1=O)C2=O)NCCN1CC(Nc2cc(C(=O)NC[C@H](O)CN3CCc4ccccc4C3)ncn2)C1.O=C(O)CCCCNc1cccc2c1C(=O)N(C1CCC(=O)NC1=O)C2=O. The molecule has 624 valence electrons. The number of aliphatic hydroxyl groups is 2. The van der Waals surface area contributed by atoms with Crippen LogP contribution < -0.4 is 53.6 Å². The lowest BCUT2D eigenvalue weighted by molar-refractivity contribution is -0.138. The number of carboxylic acids is 1. The number of aliphatic hydroxyl groups excluding tert-OH is 2. The highest BCUT2D eigenvalue weighted by Crippen LogP contribution is 2.35. The highest BCUT2D eigenvalue weighted by atomic mass is 16.4. The molecule has 0 radical (unpaired) electrons. The molecule has 117 heavy (non-hydrogen) atoms. The second-order valence-electron chi connectivity index (χ2n) is 29.7. The van der Waals surface area contributed by atoms with Crippen LogP contribution >= 0.6 is 0 Å². The predicted octanol–water partition coefficient (Wildman–Crippen LogP) is 2.23. The Bertz CT molecular complexity index is 4600. The lowest BCUT2D eigenvalue weighted by atomic mass is 10.00. The van der Waals surface area contributed by atoms with Gasteiger partial charge in [-0.3, -0.25) is 97.6 Å². The molecule has 11 amide bonds. The number of anilines is 4. The number of carbonyl (C=O) groups excluding carboxylic acids is 11. The largest absolute Gasteiger partial charge is 0.481 e. The summed E-state index contributed by atoms with van der Waals surface area (Å²) in [6, 6.07) is 28.1. The summed E-state index contributed by atoms with van der Waals surface area (Å²) in [5.41, 5.74) is 13.2. The Hall–Kier alpha value is -11.6. The fourth-order valence-corrected chi connectivity index (χ4v) is 15.2. The standard InChI is InChI=1S/C40H48N10O7.C22H31N7O2.C18H19N3O6.2CH4/c51-28(23-48-16-13-25-6-1-2-7-26(25)20-48)19-43-37(54)31-18-33(45-24-44-31)46-27-21-49(22-27)17-15-42-34(52)10-3-4-14-41-30-9-5-8-29-36(30)40(57)50(39(29)56)32-11-12-35(53)47-38(32)55;23-6-8-29-12-18(13-29)27-21-9-20(25-15-26-21)22(31)24-10-19(30)14-28-7-5-16-3-1-2-4-17(16)11-28;22-13-8-7-12(16(25)20-13)21-17(26)10-4-3-5-11(15(10)18(21)27)19-9-2-1-6-14(23)24;;/h1-2,5-9,18,24,27-28,32,41,51H,3-4,10-17,19-23H2,(H,42,52)(H,43,54)(H,44,45,46)(H,47,53,55);1-4,9,15,18-19,30H,5-8,10-14,23H2,(H,24,31)(H,25,26,27);3-5,12,19H,1-2,6-9H2,(H,23,24)(H,20,22,25);2*1H4/t28-,32?;19-;;;/m00.../s1. The van der Waals surface area contributed by atoms with Crippen LogP contribution in [0.5, 0.6) is 0 Å². The summed E-state index contributed by atoms with van der Waals surface area (Å²) in [6.07, 6.45) is 6.39. The van der Waals surface area contributed by atoms with Crippen molar-refractivity contribution >= 4 is 94.0 Å². The van der Waals surface area contributed by atoms with E-state index in [-0.39, 0.29) is 117 Å². The fraction of sp³-hybridized carbons (Fsp3) is 0.463. The number of nitrogens with two attached hydrogens (primary N) is 1. The van der Waals surface area contributed by atoms with Gasteiger partial charge < -0.3 is 58.3 Å². The summed E-state index contributed by atoms with van der Waals surface area (Å²) in [5, 5.41) is 55.5. The summed E-state index contributed by atoms with van der Waals surface area (Å²) < 4.78 is 0. The van der Waals surface area contributed by atoms with E-state index in [4.69, 9.17) is 10.8 Å². The average molecular weight is 1610 g/mol. The van der Waals surface area contributed by atoms with Crippen LogP contribution in [-0.4, -0.2) is 277 Å². The van der Waals surface area contributed by atoms with Gasteiger partial charge in [0, 0.05) is 167 Å². The Kier molecular flexibility index (Phi) is 31.4. The zero-order valence-corrected chi connectivity index (χ0v) is 63.9. The number of nitrogens with zero attached hydrogens (tertiary/aromatic N) is 10. The van der Waals surface area contributed by atoms with E-state index in [1.807, 2.05) is 18.2 Å². The van der Waals surface area contributed by atoms with Crippen molar-refractivity contribution < 1.29 is 72.9 Å². The Labute approximate surface area is 678 Å². The zero-order chi connectivity index (χ0) is 81.1. The summed E-state index contributed by atoms with van der Waals surface area (Å²) in [6.45, 7) is 11.7. The van der Waals surface area contributed by atoms with Gasteiger partial charge in [-0.25, -0.2) is 19.9 Å². The number of amides is 11. The van der Waals surface area contributed by atoms with Crippen molar-refractivity contribution in [3.8, 4) is 0 Å². The first-order valence-electron chi connectivity index (χ1n) is 39.1. The zero-order valence-electron chi connectivity index (χ0n) is 63.9. The molecule has 35 heteroatoms. The number of carboxylic acid groups (broad SMARTS) is 1. The van der Waals surface area contributed by atoms with Gasteiger partial charge in [-0.15, -0.1) is 0 Å². The van der Waals surface area contributed by atoms with Gasteiger partial charge in [0.05, 0.1) is 46.5 Å². The third-order valence-corrected chi connectivity index (χ3v) is 21.2. The maximum absolute atomic E-state index is 13.3. The lowest BCUT2D eigenvalue weighted by Crippen LogP contribution is -2.56. The van der Waals surface area contributed by atoms with Gasteiger partial charge in [0.15, 0.2) is 0 Å². The summed E-state index contributed by atoms with van der Waals surface area (Å²) in [5.74, 6) is -4.83. The molecule has 14 rings (SSSR count). The highest BCUT2D eigenvalue weighted by molar-refractivity contribution is 6.26. The number of carbonyl (C=O) groups is 12. The molecule has 10 heterocycles. The molecule has 4 fully saturated rings. The minimum absolute atomic E-state index is 0. The number of rotatable bonds is 33. The van der Waals surface area contributed by atoms with Gasteiger partial charge in [0.1, 0.15) is 47.8 Å². The van der Waals surface area contributed by atoms with E-state index in [2.05, 4.69) is 118 Å². The minimum Gasteiger partial charge on any atom is -0.481 e. The molecule has 35 nitrogen and oxygen atoms in total. The third-order valence-electron chi connectivity index (χ3n) is 21.2. The molecule has 0 saturated carbocycles. The molecule has 8 aliphatic rings. The number of hydrogen-bond acceptors (Lipinski definition) is 27. The predicted molar refractivity (Wildman–Crippen MR) is 433 cm³/mol. The second kappa shape index (κ2) is 41.8. The monoisotopic (exact) mass is 1610 g/mol. The number of β-amino-alcohol motifs (C(OH)–C–C–N with tert-alkyl or cyclic N) is 2. The molecule has 2 aromatic heterocycles. The van der Waals surface area contributed by atoms with Crippen LogP contribution in [0.4, 0.5) is 23.0 Å². The first-order chi connectivity index (χ1) is 55.6. The average Bonchev–Trinajstić information content (AvgIpc) is 1.61. The van der Waals surface area contributed by atoms with E-state index in [0.717, 1.165) is 81.5 Å². The molecule has 4 aromatic carbocycles. The molecule has 6 aromatic rings. The van der Waals surface area contributed by atoms with Crippen molar-refractivity contribution in [1.82, 2.24) is 75.9 Å². The van der Waals surface area contributed by atoms with Crippen LogP contribution in [0.25, 0.3) is 0 Å². The first-order valence-corrected chi connectivity index (χ1v) is 39.1. The van der Waals surface area contributed by atoms with E-state index in [1.165, 1.54) is 41.0 Å². The molecule has 4 atom stereocenters. The lowest BCUT2D eigenvalue weighted by Gasteiger charge is -2.39. The first kappa shape index (κ1) is 87.8. The molecule has 0 spiro atoms.